The first-order valence-corrected chi connectivity index (χ1v) is 19.3. The summed E-state index contributed by atoms with van der Waals surface area (Å²) in [5.74, 6) is -1.51. The van der Waals surface area contributed by atoms with Crippen molar-refractivity contribution in [2.45, 2.75) is 95.4 Å². The number of nitrogens with zero attached hydrogens (tertiary/aromatic N) is 5. The van der Waals surface area contributed by atoms with Crippen LogP contribution in [0.1, 0.15) is 83.5 Å². The minimum Gasteiger partial charge on any atom is -0.477 e. The molecule has 5 rings (SSSR count). The van der Waals surface area contributed by atoms with Gasteiger partial charge in [-0.25, -0.2) is 32.6 Å². The van der Waals surface area contributed by atoms with Crippen molar-refractivity contribution in [1.82, 2.24) is 29.4 Å². The average molecular weight is 784 g/mol. The highest BCUT2D eigenvalue weighted by Gasteiger charge is 2.55. The number of likely N-dealkylation sites (tertiary alicyclic amines) is 1. The lowest BCUT2D eigenvalue weighted by Gasteiger charge is -2.33. The van der Waals surface area contributed by atoms with E-state index in [0.29, 0.717) is 24.8 Å². The highest BCUT2D eigenvalue weighted by atomic mass is 35.5. The zero-order valence-corrected chi connectivity index (χ0v) is 31.8. The van der Waals surface area contributed by atoms with Gasteiger partial charge in [0.2, 0.25) is 5.88 Å². The number of unbranched alkanes of at least 4 members (excludes halogenated alkanes) is 1. The second-order valence-electron chi connectivity index (χ2n) is 15.1. The molecule has 3 unspecified atom stereocenters. The smallest absolute Gasteiger partial charge is 0.410 e. The van der Waals surface area contributed by atoms with Gasteiger partial charge in [-0.3, -0.25) is 4.79 Å². The van der Waals surface area contributed by atoms with E-state index in [1.165, 1.54) is 41.2 Å². The summed E-state index contributed by atoms with van der Waals surface area (Å²) in [6.45, 7) is 11.0. The van der Waals surface area contributed by atoms with E-state index in [9.17, 15) is 31.2 Å². The summed E-state index contributed by atoms with van der Waals surface area (Å²) in [5, 5.41) is 7.08. The molecule has 0 bridgehead atoms. The molecular weight excluding hydrogens is 739 g/mol. The number of carbonyl (C=O) groups is 2. The number of nitrogens with one attached hydrogen (secondary N) is 2. The van der Waals surface area contributed by atoms with Crippen LogP contribution < -0.4 is 14.8 Å². The molecule has 1 aliphatic carbocycles. The molecule has 290 valence electrons. The van der Waals surface area contributed by atoms with Crippen LogP contribution in [0, 0.1) is 17.8 Å². The Morgan fingerprint density at radius 2 is 1.83 bits per heavy atom. The Balaban J connectivity index is 1.05. The lowest BCUT2D eigenvalue weighted by Crippen LogP contribution is -2.45. The molecule has 0 aromatic carbocycles. The molecule has 2 aliphatic rings. The molecule has 3 aromatic heterocycles. The van der Waals surface area contributed by atoms with Crippen LogP contribution >= 0.6 is 11.6 Å². The summed E-state index contributed by atoms with van der Waals surface area (Å²) in [6.07, 6.45) is 2.16. The number of halogens is 4. The van der Waals surface area contributed by atoms with Gasteiger partial charge in [-0.15, -0.1) is 5.10 Å². The highest BCUT2D eigenvalue weighted by molar-refractivity contribution is 7.90. The van der Waals surface area contributed by atoms with E-state index in [1.807, 2.05) is 30.4 Å². The molecule has 53 heavy (non-hydrogen) atoms. The highest BCUT2D eigenvalue weighted by Crippen LogP contribution is 2.51. The van der Waals surface area contributed by atoms with Crippen LogP contribution in [0.5, 0.6) is 5.88 Å². The zero-order chi connectivity index (χ0) is 38.8. The van der Waals surface area contributed by atoms with Gasteiger partial charge in [-0.05, 0) is 103 Å². The van der Waals surface area contributed by atoms with Crippen LogP contribution in [-0.2, 0) is 14.8 Å². The molecule has 2 N–H and O–H groups in total. The number of rotatable bonds is 14. The van der Waals surface area contributed by atoms with Gasteiger partial charge in [0.15, 0.2) is 5.82 Å². The van der Waals surface area contributed by atoms with Crippen molar-refractivity contribution in [2.24, 2.45) is 17.8 Å². The second-order valence-corrected chi connectivity index (χ2v) is 17.1. The molecule has 18 heteroatoms. The Morgan fingerprint density at radius 1 is 1.08 bits per heavy atom. The third-order valence-electron chi connectivity index (χ3n) is 9.15. The van der Waals surface area contributed by atoms with Crippen LogP contribution in [0.25, 0.3) is 5.82 Å². The number of amides is 2. The molecule has 1 saturated heterocycles. The lowest BCUT2D eigenvalue weighted by atomic mass is 9.93. The maximum absolute atomic E-state index is 13.0. The monoisotopic (exact) mass is 783 g/mol. The molecule has 1 saturated carbocycles. The Labute approximate surface area is 312 Å². The molecular formula is C35H45ClF3N7O6S. The van der Waals surface area contributed by atoms with Crippen LogP contribution in [0.15, 0.2) is 47.6 Å². The fourth-order valence-corrected chi connectivity index (χ4v) is 7.53. The third kappa shape index (κ3) is 10.7. The van der Waals surface area contributed by atoms with Crippen molar-refractivity contribution in [1.29, 1.82) is 0 Å². The normalized spacial score (nSPS) is 19.9. The Morgan fingerprint density at radius 3 is 2.47 bits per heavy atom. The first-order valence-electron chi connectivity index (χ1n) is 17.4. The Bertz CT molecular complexity index is 1880. The summed E-state index contributed by atoms with van der Waals surface area (Å²) in [6, 6.07) is 7.03. The van der Waals surface area contributed by atoms with Gasteiger partial charge in [0, 0.05) is 37.1 Å². The number of alkyl halides is 3. The number of hydrogen-bond acceptors (Lipinski definition) is 10. The fourth-order valence-electron chi connectivity index (χ4n) is 6.39. The number of sulfonamides is 1. The number of pyridine rings is 2. The summed E-state index contributed by atoms with van der Waals surface area (Å²) < 4.78 is 78.4. The van der Waals surface area contributed by atoms with Crippen molar-refractivity contribution < 1.29 is 40.7 Å². The third-order valence-corrected chi connectivity index (χ3v) is 10.8. The number of carbonyl (C=O) groups excluding carboxylic acids is 2. The van der Waals surface area contributed by atoms with Crippen molar-refractivity contribution in [3.05, 3.63) is 53.4 Å². The molecule has 0 radical (unpaired) electrons. The van der Waals surface area contributed by atoms with Crippen molar-refractivity contribution in [3.63, 3.8) is 0 Å². The quantitative estimate of drug-likeness (QED) is 0.129. The van der Waals surface area contributed by atoms with Gasteiger partial charge in [0.25, 0.3) is 15.9 Å². The number of hydrogen-bond donors (Lipinski definition) is 2. The topological polar surface area (TPSA) is 158 Å². The van der Waals surface area contributed by atoms with Crippen molar-refractivity contribution in [3.8, 4) is 11.7 Å². The molecule has 3 aromatic rings. The molecule has 2 fully saturated rings. The fraction of sp³-hybridized carbons (Fsp3) is 0.571. The van der Waals surface area contributed by atoms with Gasteiger partial charge in [-0.2, -0.15) is 13.2 Å². The summed E-state index contributed by atoms with van der Waals surface area (Å²) in [7, 11) is -4.30. The minimum absolute atomic E-state index is 0.0735. The van der Waals surface area contributed by atoms with Crippen LogP contribution in [0.2, 0.25) is 5.15 Å². The van der Waals surface area contributed by atoms with E-state index in [0.717, 1.165) is 31.9 Å². The molecule has 1 aliphatic heterocycles. The predicted molar refractivity (Wildman–Crippen MR) is 190 cm³/mol. The molecule has 0 spiro atoms. The number of ether oxygens (including phenoxy) is 2. The van der Waals surface area contributed by atoms with Gasteiger partial charge < -0.3 is 19.7 Å². The van der Waals surface area contributed by atoms with Gasteiger partial charge in [0.05, 0.1) is 18.1 Å². The Hall–Kier alpha value is -4.12. The number of aromatic nitrogens is 4. The van der Waals surface area contributed by atoms with E-state index in [4.69, 9.17) is 21.1 Å². The van der Waals surface area contributed by atoms with Crippen LogP contribution in [-0.4, -0.2) is 82.1 Å². The van der Waals surface area contributed by atoms with Crippen LogP contribution in [0.4, 0.5) is 23.8 Å². The first-order chi connectivity index (χ1) is 24.7. The Kier molecular flexibility index (Phi) is 11.9. The van der Waals surface area contributed by atoms with Gasteiger partial charge >= 0.3 is 12.3 Å². The molecule has 13 nitrogen and oxygen atoms in total. The minimum atomic E-state index is -4.30. The van der Waals surface area contributed by atoms with Crippen LogP contribution in [0.3, 0.4) is 0 Å². The summed E-state index contributed by atoms with van der Waals surface area (Å²) in [4.78, 5) is 35.5. The average Bonchev–Trinajstić information content (AvgIpc) is 3.57. The maximum atomic E-state index is 13.0. The largest absolute Gasteiger partial charge is 0.477 e. The van der Waals surface area contributed by atoms with Crippen molar-refractivity contribution >= 4 is 39.4 Å². The first kappa shape index (κ1) is 40.1. The van der Waals surface area contributed by atoms with E-state index in [1.54, 1.807) is 0 Å². The lowest BCUT2D eigenvalue weighted by molar-refractivity contribution is -0.151. The zero-order valence-electron chi connectivity index (χ0n) is 30.2. The van der Waals surface area contributed by atoms with Gasteiger partial charge in [0.1, 0.15) is 21.5 Å². The molecule has 3 atom stereocenters. The van der Waals surface area contributed by atoms with E-state index < -0.39 is 39.5 Å². The van der Waals surface area contributed by atoms with E-state index in [2.05, 4.69) is 34.2 Å². The summed E-state index contributed by atoms with van der Waals surface area (Å²) >= 11 is 6.24. The SMILES string of the molecule is CC(C)(C)OC(=O)N1CC(CCCCNc2ccc(S(=O)(=O)NC(=O)c3ccc(-n4ccc(OCCC5CC5C(F)(F)F)n4)nc3Cl)cn2)CC1(C)C. The van der Waals surface area contributed by atoms with Gasteiger partial charge in [-0.1, -0.05) is 18.0 Å². The number of anilines is 1. The second kappa shape index (κ2) is 15.7. The standard InChI is InChI=1S/C35H45ClF3N7O6S/c1-33(2,3)52-32(48)45-21-22(19-34(45,4)5)8-6-7-15-40-27-11-9-24(20-41-27)53(49,50)44-31(47)25-10-12-28(42-30(25)36)46-16-13-29(43-46)51-17-14-23-18-26(23)35(37,38)39/h9-13,16,20,22-23,26H,6-8,14-15,17-19,21H2,1-5H3,(H,40,41)(H,44,47). The maximum Gasteiger partial charge on any atom is 0.410 e. The summed E-state index contributed by atoms with van der Waals surface area (Å²) in [5.41, 5.74) is -1.02. The van der Waals surface area contributed by atoms with E-state index in [-0.39, 0.29) is 58.4 Å². The predicted octanol–water partition coefficient (Wildman–Crippen LogP) is 7.02. The van der Waals surface area contributed by atoms with Crippen molar-refractivity contribution in [2.75, 3.05) is 25.0 Å². The molecule has 4 heterocycles. The van der Waals surface area contributed by atoms with E-state index >= 15 is 0 Å². The molecule has 2 amide bonds.